The molecule has 0 atom stereocenters. The molecule has 1 rings (SSSR count). The van der Waals surface area contributed by atoms with Crippen LogP contribution in [0, 0.1) is 11.7 Å². The highest BCUT2D eigenvalue weighted by Crippen LogP contribution is 2.21. The quantitative estimate of drug-likeness (QED) is 0.680. The van der Waals surface area contributed by atoms with Crippen molar-refractivity contribution in [1.29, 1.82) is 0 Å². The van der Waals surface area contributed by atoms with Crippen molar-refractivity contribution in [3.05, 3.63) is 39.6 Å². The van der Waals surface area contributed by atoms with Crippen molar-refractivity contribution in [1.82, 2.24) is 0 Å². The highest BCUT2D eigenvalue weighted by Gasteiger charge is 2.05. The van der Waals surface area contributed by atoms with E-state index in [0.717, 1.165) is 9.80 Å². The summed E-state index contributed by atoms with van der Waals surface area (Å²) >= 11 is 6.75. The Hall–Kier alpha value is -0.150. The van der Waals surface area contributed by atoms with E-state index >= 15 is 0 Å². The third-order valence-electron chi connectivity index (χ3n) is 2.19. The molecule has 0 nitrogen and oxygen atoms in total. The molecule has 0 aromatic heterocycles. The van der Waals surface area contributed by atoms with Crippen LogP contribution in [-0.2, 0) is 0 Å². The maximum absolute atomic E-state index is 13.4. The Balaban J connectivity index is 3.10. The highest BCUT2D eigenvalue weighted by molar-refractivity contribution is 9.10. The van der Waals surface area contributed by atoms with Crippen LogP contribution in [0.25, 0.3) is 6.08 Å². The number of rotatable bonds is 3. The van der Waals surface area contributed by atoms with Crippen LogP contribution >= 0.6 is 31.9 Å². The molecule has 0 saturated carbocycles. The van der Waals surface area contributed by atoms with Crippen LogP contribution in [-0.4, -0.2) is 5.33 Å². The Morgan fingerprint density at radius 3 is 2.67 bits per heavy atom. The van der Waals surface area contributed by atoms with Crippen LogP contribution < -0.4 is 0 Å². The zero-order valence-corrected chi connectivity index (χ0v) is 11.9. The molecule has 82 valence electrons. The first-order valence-corrected chi connectivity index (χ1v) is 6.67. The number of hydrogen-bond donors (Lipinski definition) is 0. The SMILES string of the molecule is CC(C)C(=Cc1cc(Br)ccc1F)CBr. The van der Waals surface area contributed by atoms with Gasteiger partial charge in [0.1, 0.15) is 5.82 Å². The summed E-state index contributed by atoms with van der Waals surface area (Å²) in [7, 11) is 0. The molecule has 0 bridgehead atoms. The summed E-state index contributed by atoms with van der Waals surface area (Å²) in [6.07, 6.45) is 1.90. The van der Waals surface area contributed by atoms with Gasteiger partial charge in [0.2, 0.25) is 0 Å². The van der Waals surface area contributed by atoms with Crippen molar-refractivity contribution in [2.24, 2.45) is 5.92 Å². The normalized spacial score (nSPS) is 12.3. The molecular weight excluding hydrogens is 323 g/mol. The Labute approximate surface area is 107 Å². The van der Waals surface area contributed by atoms with E-state index in [9.17, 15) is 4.39 Å². The molecule has 0 radical (unpaired) electrons. The zero-order chi connectivity index (χ0) is 11.4. The van der Waals surface area contributed by atoms with Gasteiger partial charge in [-0.2, -0.15) is 0 Å². The summed E-state index contributed by atoms with van der Waals surface area (Å²) in [6, 6.07) is 4.97. The Kier molecular flexibility index (Phi) is 5.00. The summed E-state index contributed by atoms with van der Waals surface area (Å²) in [6.45, 7) is 4.20. The second-order valence-electron chi connectivity index (χ2n) is 3.67. The van der Waals surface area contributed by atoms with Gasteiger partial charge in [-0.05, 0) is 24.1 Å². The topological polar surface area (TPSA) is 0 Å². The fourth-order valence-corrected chi connectivity index (χ4v) is 2.37. The summed E-state index contributed by atoms with van der Waals surface area (Å²) in [4.78, 5) is 0. The number of alkyl halides is 1. The average molecular weight is 336 g/mol. The summed E-state index contributed by atoms with van der Waals surface area (Å²) < 4.78 is 14.3. The maximum Gasteiger partial charge on any atom is 0.130 e. The van der Waals surface area contributed by atoms with E-state index in [1.165, 1.54) is 11.6 Å². The zero-order valence-electron chi connectivity index (χ0n) is 8.73. The van der Waals surface area contributed by atoms with Gasteiger partial charge < -0.3 is 0 Å². The highest BCUT2D eigenvalue weighted by atomic mass is 79.9. The monoisotopic (exact) mass is 334 g/mol. The van der Waals surface area contributed by atoms with Crippen molar-refractivity contribution in [3.63, 3.8) is 0 Å². The van der Waals surface area contributed by atoms with Crippen molar-refractivity contribution in [2.75, 3.05) is 5.33 Å². The van der Waals surface area contributed by atoms with Crippen LogP contribution in [0.2, 0.25) is 0 Å². The van der Waals surface area contributed by atoms with Gasteiger partial charge in [0, 0.05) is 15.4 Å². The van der Waals surface area contributed by atoms with Crippen molar-refractivity contribution in [2.45, 2.75) is 13.8 Å². The lowest BCUT2D eigenvalue weighted by atomic mass is 10.0. The molecule has 3 heteroatoms. The minimum absolute atomic E-state index is 0.183. The number of hydrogen-bond acceptors (Lipinski definition) is 0. The van der Waals surface area contributed by atoms with Gasteiger partial charge in [0.15, 0.2) is 0 Å². The van der Waals surface area contributed by atoms with Gasteiger partial charge in [-0.3, -0.25) is 0 Å². The summed E-state index contributed by atoms with van der Waals surface area (Å²) in [5, 5.41) is 0.774. The summed E-state index contributed by atoms with van der Waals surface area (Å²) in [5.74, 6) is 0.236. The smallest absolute Gasteiger partial charge is 0.130 e. The minimum atomic E-state index is -0.183. The maximum atomic E-state index is 13.4. The predicted octanol–water partition coefficient (Wildman–Crippen LogP) is 5.02. The third-order valence-corrected chi connectivity index (χ3v) is 3.34. The van der Waals surface area contributed by atoms with Crippen LogP contribution in [0.1, 0.15) is 19.4 Å². The van der Waals surface area contributed by atoms with Crippen LogP contribution in [0.4, 0.5) is 4.39 Å². The lowest BCUT2D eigenvalue weighted by Crippen LogP contribution is -1.95. The Morgan fingerprint density at radius 1 is 1.47 bits per heavy atom. The van der Waals surface area contributed by atoms with Gasteiger partial charge in [0.25, 0.3) is 0 Å². The lowest BCUT2D eigenvalue weighted by Gasteiger charge is -2.08. The van der Waals surface area contributed by atoms with Gasteiger partial charge in [-0.1, -0.05) is 57.4 Å². The number of halogens is 3. The molecule has 0 spiro atoms. The molecule has 0 unspecified atom stereocenters. The fraction of sp³-hybridized carbons (Fsp3) is 0.333. The number of allylic oxidation sites excluding steroid dienone is 1. The van der Waals surface area contributed by atoms with Crippen molar-refractivity contribution in [3.8, 4) is 0 Å². The first-order valence-electron chi connectivity index (χ1n) is 4.76. The van der Waals surface area contributed by atoms with Crippen LogP contribution in [0.15, 0.2) is 28.2 Å². The average Bonchev–Trinajstić information content (AvgIpc) is 2.18. The molecule has 0 aliphatic rings. The molecule has 0 aliphatic heterocycles. The fourth-order valence-electron chi connectivity index (χ4n) is 1.18. The van der Waals surface area contributed by atoms with E-state index in [4.69, 9.17) is 0 Å². The minimum Gasteiger partial charge on any atom is -0.206 e. The molecule has 0 saturated heterocycles. The molecule has 1 aromatic carbocycles. The van der Waals surface area contributed by atoms with Crippen molar-refractivity contribution < 1.29 is 4.39 Å². The Morgan fingerprint density at radius 2 is 2.13 bits per heavy atom. The van der Waals surface area contributed by atoms with Gasteiger partial charge in [0.05, 0.1) is 0 Å². The molecule has 15 heavy (non-hydrogen) atoms. The van der Waals surface area contributed by atoms with Crippen LogP contribution in [0.5, 0.6) is 0 Å². The lowest BCUT2D eigenvalue weighted by molar-refractivity contribution is 0.624. The molecule has 0 aliphatic carbocycles. The van der Waals surface area contributed by atoms with Crippen molar-refractivity contribution >= 4 is 37.9 Å². The van der Waals surface area contributed by atoms with E-state index in [2.05, 4.69) is 45.7 Å². The second kappa shape index (κ2) is 5.80. The van der Waals surface area contributed by atoms with E-state index in [1.54, 1.807) is 12.1 Å². The molecule has 0 fully saturated rings. The van der Waals surface area contributed by atoms with Gasteiger partial charge >= 0.3 is 0 Å². The second-order valence-corrected chi connectivity index (χ2v) is 5.15. The molecule has 0 heterocycles. The van der Waals surface area contributed by atoms with E-state index in [1.807, 2.05) is 6.08 Å². The van der Waals surface area contributed by atoms with E-state index in [0.29, 0.717) is 11.5 Å². The predicted molar refractivity (Wildman–Crippen MR) is 70.7 cm³/mol. The third kappa shape index (κ3) is 3.72. The largest absolute Gasteiger partial charge is 0.206 e. The molecule has 0 amide bonds. The van der Waals surface area contributed by atoms with Gasteiger partial charge in [-0.25, -0.2) is 4.39 Å². The first kappa shape index (κ1) is 12.9. The van der Waals surface area contributed by atoms with E-state index < -0.39 is 0 Å². The number of benzene rings is 1. The standard InChI is InChI=1S/C12H13Br2F/c1-8(2)10(7-13)5-9-6-11(14)3-4-12(9)15/h3-6,8H,7H2,1-2H3. The molecular formula is C12H13Br2F. The first-order chi connectivity index (χ1) is 7.04. The Bertz CT molecular complexity index is 370. The van der Waals surface area contributed by atoms with Gasteiger partial charge in [-0.15, -0.1) is 0 Å². The van der Waals surface area contributed by atoms with E-state index in [-0.39, 0.29) is 5.82 Å². The molecule has 1 aromatic rings. The molecule has 0 N–H and O–H groups in total. The summed E-state index contributed by atoms with van der Waals surface area (Å²) in [5.41, 5.74) is 1.82. The van der Waals surface area contributed by atoms with Crippen LogP contribution in [0.3, 0.4) is 0 Å².